The van der Waals surface area contributed by atoms with Crippen LogP contribution in [0.1, 0.15) is 38.7 Å². The first-order valence-corrected chi connectivity index (χ1v) is 7.67. The normalized spacial score (nSPS) is 10.3. The van der Waals surface area contributed by atoms with Gasteiger partial charge in [0.05, 0.1) is 17.7 Å². The van der Waals surface area contributed by atoms with Crippen LogP contribution in [0, 0.1) is 0 Å². The first kappa shape index (κ1) is 16.8. The summed E-state index contributed by atoms with van der Waals surface area (Å²) >= 11 is 3.47. The van der Waals surface area contributed by atoms with Crippen molar-refractivity contribution in [1.29, 1.82) is 0 Å². The highest BCUT2D eigenvalue weighted by Crippen LogP contribution is 2.37. The van der Waals surface area contributed by atoms with E-state index in [1.54, 1.807) is 0 Å². The Morgan fingerprint density at radius 1 is 1.30 bits per heavy atom. The fourth-order valence-corrected chi connectivity index (χ4v) is 2.34. The van der Waals surface area contributed by atoms with Gasteiger partial charge in [-0.1, -0.05) is 13.3 Å². The maximum atomic E-state index is 10.6. The van der Waals surface area contributed by atoms with Gasteiger partial charge in [-0.3, -0.25) is 4.79 Å². The minimum Gasteiger partial charge on any atom is -0.490 e. The summed E-state index contributed by atoms with van der Waals surface area (Å²) in [6.07, 6.45) is 2.63. The van der Waals surface area contributed by atoms with Crippen LogP contribution in [0.15, 0.2) is 16.6 Å². The summed E-state index contributed by atoms with van der Waals surface area (Å²) in [5.74, 6) is 0.556. The van der Waals surface area contributed by atoms with Gasteiger partial charge in [0.25, 0.3) is 0 Å². The van der Waals surface area contributed by atoms with Gasteiger partial charge >= 0.3 is 5.97 Å². The zero-order chi connectivity index (χ0) is 15.0. The molecule has 0 spiro atoms. The number of carboxylic acids is 1. The van der Waals surface area contributed by atoms with Crippen molar-refractivity contribution < 1.29 is 19.4 Å². The molecule has 0 radical (unpaired) electrons. The fourth-order valence-electron chi connectivity index (χ4n) is 1.74. The molecule has 0 saturated carbocycles. The number of hydrogen-bond donors (Lipinski definition) is 1. The molecule has 0 amide bonds. The summed E-state index contributed by atoms with van der Waals surface area (Å²) in [5, 5.41) is 8.75. The number of unbranched alkanes of at least 4 members (excludes halogenated alkanes) is 1. The summed E-state index contributed by atoms with van der Waals surface area (Å²) in [5.41, 5.74) is 0.922. The van der Waals surface area contributed by atoms with Crippen LogP contribution in [0.2, 0.25) is 0 Å². The number of rotatable bonds is 9. The number of hydrogen-bond acceptors (Lipinski definition) is 3. The van der Waals surface area contributed by atoms with E-state index in [0.29, 0.717) is 31.1 Å². The Balaban J connectivity index is 2.89. The molecule has 1 aromatic rings. The molecule has 4 nitrogen and oxygen atoms in total. The quantitative estimate of drug-likeness (QED) is 0.686. The number of aliphatic carboxylic acids is 1. The van der Waals surface area contributed by atoms with Gasteiger partial charge in [-0.05, 0) is 53.4 Å². The molecule has 0 aliphatic rings. The van der Waals surface area contributed by atoms with E-state index in [2.05, 4.69) is 22.9 Å². The third-order valence-corrected chi connectivity index (χ3v) is 3.33. The van der Waals surface area contributed by atoms with Crippen LogP contribution in [-0.4, -0.2) is 24.3 Å². The molecule has 5 heteroatoms. The minimum atomic E-state index is -0.803. The van der Waals surface area contributed by atoms with Crippen LogP contribution in [0.5, 0.6) is 11.5 Å². The Morgan fingerprint density at radius 2 is 2.05 bits per heavy atom. The molecule has 0 heterocycles. The number of carboxylic acid groups (broad SMARTS) is 1. The molecule has 1 rings (SSSR count). The summed E-state index contributed by atoms with van der Waals surface area (Å²) in [4.78, 5) is 10.6. The van der Waals surface area contributed by atoms with Crippen molar-refractivity contribution in [3.05, 3.63) is 22.2 Å². The highest BCUT2D eigenvalue weighted by Gasteiger charge is 2.12. The molecule has 1 aromatic carbocycles. The fraction of sp³-hybridized carbons (Fsp3) is 0.533. The first-order chi connectivity index (χ1) is 9.58. The molecule has 0 aliphatic carbocycles. The topological polar surface area (TPSA) is 55.8 Å². The summed E-state index contributed by atoms with van der Waals surface area (Å²) < 4.78 is 12.2. The Bertz CT molecular complexity index is 446. The summed E-state index contributed by atoms with van der Waals surface area (Å²) in [6.45, 7) is 5.20. The lowest BCUT2D eigenvalue weighted by atomic mass is 10.1. The maximum Gasteiger partial charge on any atom is 0.303 e. The SMILES string of the molecule is CCCCOc1c(Br)cc(CCC(=O)O)cc1OCC. The van der Waals surface area contributed by atoms with E-state index in [9.17, 15) is 4.79 Å². The molecule has 0 saturated heterocycles. The van der Waals surface area contributed by atoms with Crippen molar-refractivity contribution in [2.45, 2.75) is 39.5 Å². The van der Waals surface area contributed by atoms with Crippen LogP contribution >= 0.6 is 15.9 Å². The number of benzene rings is 1. The average Bonchev–Trinajstić information content (AvgIpc) is 2.39. The number of halogens is 1. The molecular formula is C15H21BrO4. The van der Waals surface area contributed by atoms with E-state index in [1.807, 2.05) is 19.1 Å². The summed E-state index contributed by atoms with van der Waals surface area (Å²) in [6, 6.07) is 3.76. The Morgan fingerprint density at radius 3 is 2.65 bits per heavy atom. The number of carbonyl (C=O) groups is 1. The van der Waals surface area contributed by atoms with Gasteiger partial charge in [-0.25, -0.2) is 0 Å². The van der Waals surface area contributed by atoms with Crippen LogP contribution in [0.4, 0.5) is 0 Å². The third kappa shape index (κ3) is 5.41. The van der Waals surface area contributed by atoms with Crippen molar-refractivity contribution in [2.75, 3.05) is 13.2 Å². The smallest absolute Gasteiger partial charge is 0.303 e. The average molecular weight is 345 g/mol. The van der Waals surface area contributed by atoms with Crippen LogP contribution in [0.3, 0.4) is 0 Å². The van der Waals surface area contributed by atoms with Gasteiger partial charge in [0.2, 0.25) is 0 Å². The van der Waals surface area contributed by atoms with Crippen molar-refractivity contribution in [3.8, 4) is 11.5 Å². The lowest BCUT2D eigenvalue weighted by molar-refractivity contribution is -0.136. The van der Waals surface area contributed by atoms with E-state index >= 15 is 0 Å². The van der Waals surface area contributed by atoms with Gasteiger partial charge in [0.1, 0.15) is 0 Å². The van der Waals surface area contributed by atoms with Crippen LogP contribution in [-0.2, 0) is 11.2 Å². The molecule has 1 N–H and O–H groups in total. The molecule has 0 fully saturated rings. The van der Waals surface area contributed by atoms with E-state index in [4.69, 9.17) is 14.6 Å². The predicted molar refractivity (Wildman–Crippen MR) is 81.7 cm³/mol. The Hall–Kier alpha value is -1.23. The zero-order valence-corrected chi connectivity index (χ0v) is 13.5. The Labute approximate surface area is 128 Å². The van der Waals surface area contributed by atoms with Gasteiger partial charge < -0.3 is 14.6 Å². The second-order valence-corrected chi connectivity index (χ2v) is 5.29. The van der Waals surface area contributed by atoms with E-state index in [1.165, 1.54) is 0 Å². The van der Waals surface area contributed by atoms with Crippen molar-refractivity contribution in [2.24, 2.45) is 0 Å². The molecule has 0 bridgehead atoms. The highest BCUT2D eigenvalue weighted by atomic mass is 79.9. The van der Waals surface area contributed by atoms with Crippen molar-refractivity contribution >= 4 is 21.9 Å². The van der Waals surface area contributed by atoms with Crippen molar-refractivity contribution in [3.63, 3.8) is 0 Å². The monoisotopic (exact) mass is 344 g/mol. The number of ether oxygens (including phenoxy) is 2. The van der Waals surface area contributed by atoms with Gasteiger partial charge in [0.15, 0.2) is 11.5 Å². The standard InChI is InChI=1S/C15H21BrO4/c1-3-5-8-20-15-12(16)9-11(6-7-14(17)18)10-13(15)19-4-2/h9-10H,3-8H2,1-2H3,(H,17,18). The highest BCUT2D eigenvalue weighted by molar-refractivity contribution is 9.10. The number of aryl methyl sites for hydroxylation is 1. The molecule has 0 unspecified atom stereocenters. The van der Waals surface area contributed by atoms with Gasteiger partial charge in [0, 0.05) is 6.42 Å². The molecular weight excluding hydrogens is 324 g/mol. The second-order valence-electron chi connectivity index (χ2n) is 4.43. The van der Waals surface area contributed by atoms with Crippen molar-refractivity contribution in [1.82, 2.24) is 0 Å². The molecule has 0 aromatic heterocycles. The lowest BCUT2D eigenvalue weighted by Gasteiger charge is -2.15. The molecule has 20 heavy (non-hydrogen) atoms. The summed E-state index contributed by atoms with van der Waals surface area (Å²) in [7, 11) is 0. The largest absolute Gasteiger partial charge is 0.490 e. The molecule has 112 valence electrons. The van der Waals surface area contributed by atoms with E-state index < -0.39 is 5.97 Å². The third-order valence-electron chi connectivity index (χ3n) is 2.74. The lowest BCUT2D eigenvalue weighted by Crippen LogP contribution is -2.03. The zero-order valence-electron chi connectivity index (χ0n) is 11.9. The van der Waals surface area contributed by atoms with Crippen LogP contribution in [0.25, 0.3) is 0 Å². The first-order valence-electron chi connectivity index (χ1n) is 6.88. The van der Waals surface area contributed by atoms with Crippen LogP contribution < -0.4 is 9.47 Å². The second kappa shape index (κ2) is 8.84. The molecule has 0 aliphatic heterocycles. The van der Waals surface area contributed by atoms with E-state index in [-0.39, 0.29) is 6.42 Å². The van der Waals surface area contributed by atoms with E-state index in [0.717, 1.165) is 22.9 Å². The predicted octanol–water partition coefficient (Wildman–Crippen LogP) is 4.04. The Kier molecular flexibility index (Phi) is 7.44. The van der Waals surface area contributed by atoms with Gasteiger partial charge in [-0.15, -0.1) is 0 Å². The van der Waals surface area contributed by atoms with Gasteiger partial charge in [-0.2, -0.15) is 0 Å². The maximum absolute atomic E-state index is 10.6. The minimum absolute atomic E-state index is 0.105. The molecule has 0 atom stereocenters.